The molecule has 0 saturated carbocycles. The molecule has 0 spiro atoms. The summed E-state index contributed by atoms with van der Waals surface area (Å²) < 4.78 is 0. The molecular weight excluding hydrogens is 520 g/mol. The molecule has 0 unspecified atom stereocenters. The minimum Gasteiger partial charge on any atom is -0.185 e. The van der Waals surface area contributed by atoms with E-state index in [0.717, 1.165) is 0 Å². The molecule has 0 aliphatic rings. The minimum absolute atomic E-state index is 0. The van der Waals surface area contributed by atoms with Crippen molar-refractivity contribution in [3.63, 3.8) is 0 Å². The van der Waals surface area contributed by atoms with Crippen molar-refractivity contribution in [2.24, 2.45) is 0 Å². The van der Waals surface area contributed by atoms with Gasteiger partial charge in [-0.1, -0.05) is 73.8 Å². The summed E-state index contributed by atoms with van der Waals surface area (Å²) in [7, 11) is -2.07. The molecule has 0 N–H and O–H groups in total. The SMILES string of the molecule is C[Si](C)(c1c(-c2cccs2)[cH-]c2ccccc12)c1c(-c2cccs2)[cH-]c2ccccc12.[Zr+2]. The van der Waals surface area contributed by atoms with Crippen LogP contribution in [0.1, 0.15) is 0 Å². The van der Waals surface area contributed by atoms with Gasteiger partial charge in [0.25, 0.3) is 0 Å². The van der Waals surface area contributed by atoms with Gasteiger partial charge in [-0.3, -0.25) is 0 Å². The predicted molar refractivity (Wildman–Crippen MR) is 142 cm³/mol. The quantitative estimate of drug-likeness (QED) is 0.158. The van der Waals surface area contributed by atoms with Crippen LogP contribution in [0.15, 0.2) is 95.7 Å². The third kappa shape index (κ3) is 3.40. The molecule has 4 heteroatoms. The molecule has 0 aliphatic heterocycles. The van der Waals surface area contributed by atoms with Gasteiger partial charge in [-0.2, -0.15) is 22.7 Å². The molecule has 0 bridgehead atoms. The summed E-state index contributed by atoms with van der Waals surface area (Å²) in [6, 6.07) is 31.6. The van der Waals surface area contributed by atoms with Crippen LogP contribution in [-0.2, 0) is 26.2 Å². The molecule has 154 valence electrons. The summed E-state index contributed by atoms with van der Waals surface area (Å²) in [5, 5.41) is 13.1. The molecular formula is C28H22S2SiZr. The normalized spacial score (nSPS) is 11.8. The minimum atomic E-state index is -2.07. The van der Waals surface area contributed by atoms with Gasteiger partial charge in [0, 0.05) is 8.07 Å². The molecule has 2 heterocycles. The number of thiophene rings is 2. The Morgan fingerprint density at radius 3 is 1.44 bits per heavy atom. The van der Waals surface area contributed by atoms with Gasteiger partial charge >= 0.3 is 26.2 Å². The zero-order valence-corrected chi connectivity index (χ0v) is 23.1. The van der Waals surface area contributed by atoms with E-state index >= 15 is 0 Å². The van der Waals surface area contributed by atoms with Gasteiger partial charge in [0.2, 0.25) is 0 Å². The third-order valence-electron chi connectivity index (χ3n) is 6.42. The van der Waals surface area contributed by atoms with Crippen LogP contribution in [0.25, 0.3) is 42.4 Å². The number of fused-ring (bicyclic) bond motifs is 2. The van der Waals surface area contributed by atoms with Crippen molar-refractivity contribution in [2.75, 3.05) is 0 Å². The van der Waals surface area contributed by atoms with Crippen LogP contribution in [0, 0.1) is 0 Å². The van der Waals surface area contributed by atoms with E-state index in [2.05, 4.69) is 109 Å². The van der Waals surface area contributed by atoms with Gasteiger partial charge in [0.1, 0.15) is 0 Å². The van der Waals surface area contributed by atoms with Crippen molar-refractivity contribution in [1.29, 1.82) is 0 Å². The van der Waals surface area contributed by atoms with Crippen molar-refractivity contribution >= 4 is 62.7 Å². The average molecular weight is 542 g/mol. The first-order valence-corrected chi connectivity index (χ1v) is 15.4. The predicted octanol–water partition coefficient (Wildman–Crippen LogP) is 7.71. The summed E-state index contributed by atoms with van der Waals surface area (Å²) in [6.07, 6.45) is 0. The molecule has 6 rings (SSSR count). The molecule has 0 radical (unpaired) electrons. The Hall–Kier alpha value is -1.84. The smallest absolute Gasteiger partial charge is 0.185 e. The van der Waals surface area contributed by atoms with Crippen LogP contribution < -0.4 is 10.4 Å². The van der Waals surface area contributed by atoms with Crippen molar-refractivity contribution in [3.05, 3.63) is 95.7 Å². The molecule has 32 heavy (non-hydrogen) atoms. The van der Waals surface area contributed by atoms with Crippen LogP contribution in [0.5, 0.6) is 0 Å². The number of rotatable bonds is 4. The Bertz CT molecular complexity index is 1380. The molecule has 0 atom stereocenters. The summed E-state index contributed by atoms with van der Waals surface area (Å²) in [5.41, 5.74) is 2.85. The zero-order chi connectivity index (χ0) is 21.0. The van der Waals surface area contributed by atoms with Crippen LogP contribution in [0.3, 0.4) is 0 Å². The molecule has 0 saturated heterocycles. The van der Waals surface area contributed by atoms with Crippen LogP contribution in [0.2, 0.25) is 13.1 Å². The second-order valence-electron chi connectivity index (χ2n) is 8.62. The number of benzene rings is 2. The Labute approximate surface area is 217 Å². The number of hydrogen-bond acceptors (Lipinski definition) is 2. The summed E-state index contributed by atoms with van der Waals surface area (Å²) in [4.78, 5) is 2.75. The molecule has 6 aromatic rings. The fourth-order valence-corrected chi connectivity index (χ4v) is 10.7. The maximum atomic E-state index is 2.55. The van der Waals surface area contributed by atoms with Gasteiger partial charge in [-0.15, -0.1) is 67.3 Å². The fraction of sp³-hybridized carbons (Fsp3) is 0.0714. The van der Waals surface area contributed by atoms with E-state index in [4.69, 9.17) is 0 Å². The average Bonchev–Trinajstić information content (AvgIpc) is 3.57. The van der Waals surface area contributed by atoms with Crippen LogP contribution in [0.4, 0.5) is 0 Å². The maximum absolute atomic E-state index is 2.55. The summed E-state index contributed by atoms with van der Waals surface area (Å²) in [5.74, 6) is 0. The summed E-state index contributed by atoms with van der Waals surface area (Å²) >= 11 is 3.70. The van der Waals surface area contributed by atoms with E-state index in [1.54, 1.807) is 10.4 Å². The largest absolute Gasteiger partial charge is 2.00 e. The second kappa shape index (κ2) is 8.50. The molecule has 0 fully saturated rings. The Kier molecular flexibility index (Phi) is 5.84. The Morgan fingerprint density at radius 2 is 1.03 bits per heavy atom. The molecule has 0 aliphatic carbocycles. The van der Waals surface area contributed by atoms with Gasteiger partial charge in [0.05, 0.1) is 0 Å². The van der Waals surface area contributed by atoms with E-state index in [1.807, 2.05) is 22.7 Å². The first-order chi connectivity index (χ1) is 15.1. The summed E-state index contributed by atoms with van der Waals surface area (Å²) in [6.45, 7) is 5.09. The van der Waals surface area contributed by atoms with E-state index in [-0.39, 0.29) is 26.2 Å². The standard InChI is InChI=1S/C28H22S2Si.Zr/c1-31(2,27-21-11-5-3-9-19(21)17-23(27)25-13-7-15-29-25)28-22-12-6-4-10-20(22)18-24(28)26-14-8-16-30-26;/h3-18H,1-2H3;/q-2;+2. The van der Waals surface area contributed by atoms with Crippen molar-refractivity contribution in [2.45, 2.75) is 13.1 Å². The van der Waals surface area contributed by atoms with E-state index in [0.29, 0.717) is 0 Å². The van der Waals surface area contributed by atoms with Gasteiger partial charge in [-0.25, -0.2) is 0 Å². The Morgan fingerprint density at radius 1 is 0.594 bits per heavy atom. The number of hydrogen-bond donors (Lipinski definition) is 0. The fourth-order valence-electron chi connectivity index (χ4n) is 5.17. The third-order valence-corrected chi connectivity index (χ3v) is 11.8. The van der Waals surface area contributed by atoms with E-state index in [1.165, 1.54) is 42.4 Å². The molecule has 4 aromatic carbocycles. The second-order valence-corrected chi connectivity index (χ2v) is 14.8. The van der Waals surface area contributed by atoms with Gasteiger partial charge in [0.15, 0.2) is 0 Å². The first-order valence-electron chi connectivity index (χ1n) is 10.6. The monoisotopic (exact) mass is 540 g/mol. The van der Waals surface area contributed by atoms with Crippen molar-refractivity contribution in [1.82, 2.24) is 0 Å². The van der Waals surface area contributed by atoms with Crippen LogP contribution >= 0.6 is 22.7 Å². The zero-order valence-electron chi connectivity index (χ0n) is 18.1. The topological polar surface area (TPSA) is 0 Å². The van der Waals surface area contributed by atoms with Crippen LogP contribution in [-0.4, -0.2) is 8.07 Å². The maximum Gasteiger partial charge on any atom is 2.00 e. The van der Waals surface area contributed by atoms with Gasteiger partial charge < -0.3 is 0 Å². The van der Waals surface area contributed by atoms with E-state index < -0.39 is 8.07 Å². The molecule has 2 aromatic heterocycles. The van der Waals surface area contributed by atoms with E-state index in [9.17, 15) is 0 Å². The molecule has 0 amide bonds. The first kappa shape index (κ1) is 22.0. The molecule has 0 nitrogen and oxygen atoms in total. The van der Waals surface area contributed by atoms with Gasteiger partial charge in [-0.05, 0) is 20.5 Å². The Balaban J connectivity index is 0.00000216. The van der Waals surface area contributed by atoms with Crippen molar-refractivity contribution in [3.8, 4) is 20.9 Å². The van der Waals surface area contributed by atoms with Crippen molar-refractivity contribution < 1.29 is 26.2 Å².